The summed E-state index contributed by atoms with van der Waals surface area (Å²) in [5, 5.41) is 1.28. The van der Waals surface area contributed by atoms with Crippen LogP contribution in [0.25, 0.3) is 15.9 Å². The van der Waals surface area contributed by atoms with Crippen LogP contribution in [0.1, 0.15) is 40.8 Å². The highest BCUT2D eigenvalue weighted by Crippen LogP contribution is 2.34. The molecule has 0 amide bonds. The summed E-state index contributed by atoms with van der Waals surface area (Å²) in [7, 11) is 0. The minimum Gasteiger partial charge on any atom is -0.279 e. The SMILES string of the molecule is Cc1ccccc1Cn1c(=O)n(-c2ccc(Cl)cc2)c(=O)c2c3c(sc21)CCCCC3. The van der Waals surface area contributed by atoms with Crippen molar-refractivity contribution in [2.45, 2.75) is 45.6 Å². The number of aryl methyl sites for hydroxylation is 3. The van der Waals surface area contributed by atoms with Crippen LogP contribution in [0.3, 0.4) is 0 Å². The summed E-state index contributed by atoms with van der Waals surface area (Å²) in [6.07, 6.45) is 5.27. The van der Waals surface area contributed by atoms with E-state index in [1.54, 1.807) is 40.2 Å². The van der Waals surface area contributed by atoms with Gasteiger partial charge in [0.2, 0.25) is 0 Å². The zero-order valence-corrected chi connectivity index (χ0v) is 18.9. The van der Waals surface area contributed by atoms with Gasteiger partial charge < -0.3 is 0 Å². The van der Waals surface area contributed by atoms with Gasteiger partial charge in [0.25, 0.3) is 5.56 Å². The van der Waals surface area contributed by atoms with Gasteiger partial charge in [-0.25, -0.2) is 9.36 Å². The largest absolute Gasteiger partial charge is 0.337 e. The highest BCUT2D eigenvalue weighted by Gasteiger charge is 2.23. The molecule has 0 saturated heterocycles. The highest BCUT2D eigenvalue weighted by atomic mass is 35.5. The van der Waals surface area contributed by atoms with Crippen molar-refractivity contribution in [2.75, 3.05) is 0 Å². The molecule has 4 nitrogen and oxygen atoms in total. The Morgan fingerprint density at radius 3 is 2.48 bits per heavy atom. The molecule has 0 N–H and O–H groups in total. The van der Waals surface area contributed by atoms with Crippen LogP contribution in [0.5, 0.6) is 0 Å². The van der Waals surface area contributed by atoms with Crippen molar-refractivity contribution in [3.63, 3.8) is 0 Å². The Morgan fingerprint density at radius 1 is 0.968 bits per heavy atom. The summed E-state index contributed by atoms with van der Waals surface area (Å²) in [5.74, 6) is 0. The number of hydrogen-bond acceptors (Lipinski definition) is 3. The van der Waals surface area contributed by atoms with Crippen LogP contribution in [-0.4, -0.2) is 9.13 Å². The monoisotopic (exact) mass is 450 g/mol. The third-order valence-corrected chi connectivity index (χ3v) is 7.73. The summed E-state index contributed by atoms with van der Waals surface area (Å²) < 4.78 is 3.10. The lowest BCUT2D eigenvalue weighted by atomic mass is 10.1. The number of halogens is 1. The van der Waals surface area contributed by atoms with E-state index in [-0.39, 0.29) is 11.2 Å². The Morgan fingerprint density at radius 2 is 1.71 bits per heavy atom. The van der Waals surface area contributed by atoms with E-state index in [1.807, 2.05) is 18.2 Å². The lowest BCUT2D eigenvalue weighted by Gasteiger charge is -2.14. The van der Waals surface area contributed by atoms with E-state index in [9.17, 15) is 9.59 Å². The van der Waals surface area contributed by atoms with Crippen molar-refractivity contribution in [1.82, 2.24) is 9.13 Å². The first kappa shape index (κ1) is 20.3. The molecule has 0 atom stereocenters. The predicted octanol–water partition coefficient (Wildman–Crippen LogP) is 5.49. The van der Waals surface area contributed by atoms with E-state index in [0.29, 0.717) is 22.6 Å². The first-order valence-electron chi connectivity index (χ1n) is 10.6. The fraction of sp³-hybridized carbons (Fsp3) is 0.280. The molecule has 31 heavy (non-hydrogen) atoms. The maximum Gasteiger partial charge on any atom is 0.337 e. The van der Waals surface area contributed by atoms with Crippen molar-refractivity contribution < 1.29 is 0 Å². The van der Waals surface area contributed by atoms with Crippen LogP contribution < -0.4 is 11.2 Å². The molecule has 0 unspecified atom stereocenters. The van der Waals surface area contributed by atoms with E-state index in [4.69, 9.17) is 11.6 Å². The zero-order chi connectivity index (χ0) is 21.5. The van der Waals surface area contributed by atoms with Gasteiger partial charge in [0.1, 0.15) is 4.83 Å². The van der Waals surface area contributed by atoms with Crippen LogP contribution in [0.2, 0.25) is 5.02 Å². The lowest BCUT2D eigenvalue weighted by molar-refractivity contribution is 0.707. The van der Waals surface area contributed by atoms with Gasteiger partial charge in [-0.2, -0.15) is 0 Å². The maximum atomic E-state index is 13.7. The molecule has 1 aliphatic carbocycles. The van der Waals surface area contributed by atoms with Gasteiger partial charge in [0.05, 0.1) is 17.6 Å². The number of benzene rings is 2. The van der Waals surface area contributed by atoms with Gasteiger partial charge in [0.15, 0.2) is 0 Å². The van der Waals surface area contributed by atoms with E-state index < -0.39 is 0 Å². The fourth-order valence-corrected chi connectivity index (χ4v) is 5.96. The van der Waals surface area contributed by atoms with E-state index in [2.05, 4.69) is 13.0 Å². The second kappa shape index (κ2) is 8.13. The molecule has 0 spiro atoms. The zero-order valence-electron chi connectivity index (χ0n) is 17.4. The van der Waals surface area contributed by atoms with Gasteiger partial charge in [0, 0.05) is 9.90 Å². The highest BCUT2D eigenvalue weighted by molar-refractivity contribution is 7.18. The second-order valence-electron chi connectivity index (χ2n) is 8.16. The quantitative estimate of drug-likeness (QED) is 0.387. The van der Waals surface area contributed by atoms with Gasteiger partial charge in [-0.1, -0.05) is 42.3 Å². The molecule has 2 aromatic heterocycles. The number of fused-ring (bicyclic) bond motifs is 3. The average Bonchev–Trinajstić information content (AvgIpc) is 2.96. The van der Waals surface area contributed by atoms with Crippen molar-refractivity contribution >= 4 is 33.2 Å². The smallest absolute Gasteiger partial charge is 0.279 e. The summed E-state index contributed by atoms with van der Waals surface area (Å²) >= 11 is 7.68. The van der Waals surface area contributed by atoms with Crippen LogP contribution >= 0.6 is 22.9 Å². The third-order valence-electron chi connectivity index (χ3n) is 6.16. The van der Waals surface area contributed by atoms with Crippen molar-refractivity contribution in [3.05, 3.63) is 96.0 Å². The van der Waals surface area contributed by atoms with E-state index >= 15 is 0 Å². The number of hydrogen-bond donors (Lipinski definition) is 0. The minimum atomic E-state index is -0.306. The minimum absolute atomic E-state index is 0.220. The van der Waals surface area contributed by atoms with Crippen LogP contribution in [-0.2, 0) is 19.4 Å². The van der Waals surface area contributed by atoms with Crippen LogP contribution in [0, 0.1) is 6.92 Å². The van der Waals surface area contributed by atoms with Crippen molar-refractivity contribution in [1.29, 1.82) is 0 Å². The molecule has 1 aliphatic rings. The Kier molecular flexibility index (Phi) is 5.32. The molecule has 5 rings (SSSR count). The molecular formula is C25H23ClN2O2S. The molecule has 0 bridgehead atoms. The molecule has 0 fully saturated rings. The number of nitrogens with zero attached hydrogens (tertiary/aromatic N) is 2. The predicted molar refractivity (Wildman–Crippen MR) is 128 cm³/mol. The molecular weight excluding hydrogens is 428 g/mol. The topological polar surface area (TPSA) is 44.0 Å². The Balaban J connectivity index is 1.84. The molecule has 2 aromatic carbocycles. The maximum absolute atomic E-state index is 13.7. The molecule has 0 saturated carbocycles. The second-order valence-corrected chi connectivity index (χ2v) is 9.68. The summed E-state index contributed by atoms with van der Waals surface area (Å²) in [6.45, 7) is 2.49. The van der Waals surface area contributed by atoms with Crippen LogP contribution in [0.4, 0.5) is 0 Å². The summed E-state index contributed by atoms with van der Waals surface area (Å²) in [6, 6.07) is 15.0. The molecule has 0 radical (unpaired) electrons. The lowest BCUT2D eigenvalue weighted by Crippen LogP contribution is -2.39. The Hall–Kier alpha value is -2.63. The third kappa shape index (κ3) is 3.56. The van der Waals surface area contributed by atoms with E-state index in [1.165, 1.54) is 15.9 Å². The van der Waals surface area contributed by atoms with Crippen LogP contribution in [0.15, 0.2) is 58.1 Å². The molecule has 6 heteroatoms. The first-order valence-corrected chi connectivity index (χ1v) is 11.8. The Labute approximate surface area is 189 Å². The molecule has 0 aliphatic heterocycles. The standard InChI is InChI=1S/C25H23ClN2O2S/c1-16-7-5-6-8-17(16)15-27-24-22(20-9-3-2-4-10-21(20)31-24)23(29)28(25(27)30)19-13-11-18(26)12-14-19/h5-8,11-14H,2-4,9-10,15H2,1H3. The molecule has 2 heterocycles. The Bertz CT molecular complexity index is 1400. The van der Waals surface area contributed by atoms with Gasteiger partial charge in [-0.3, -0.25) is 9.36 Å². The summed E-state index contributed by atoms with van der Waals surface area (Å²) in [4.78, 5) is 29.4. The van der Waals surface area contributed by atoms with Crippen molar-refractivity contribution in [2.24, 2.45) is 0 Å². The number of aromatic nitrogens is 2. The first-order chi connectivity index (χ1) is 15.0. The molecule has 158 valence electrons. The van der Waals surface area contributed by atoms with Gasteiger partial charge in [-0.15, -0.1) is 11.3 Å². The number of thiophene rings is 1. The normalized spacial score (nSPS) is 13.9. The van der Waals surface area contributed by atoms with Gasteiger partial charge in [-0.05, 0) is 73.6 Å². The van der Waals surface area contributed by atoms with Gasteiger partial charge >= 0.3 is 5.69 Å². The van der Waals surface area contributed by atoms with Crippen molar-refractivity contribution in [3.8, 4) is 5.69 Å². The number of rotatable bonds is 3. The fourth-order valence-electron chi connectivity index (χ4n) is 4.46. The average molecular weight is 451 g/mol. The molecule has 4 aromatic rings. The van der Waals surface area contributed by atoms with E-state index in [0.717, 1.165) is 47.2 Å². The summed E-state index contributed by atoms with van der Waals surface area (Å²) in [5.41, 5.74) is 3.38.